The third-order valence-corrected chi connectivity index (χ3v) is 3.21. The van der Waals surface area contributed by atoms with Gasteiger partial charge in [0.1, 0.15) is 0 Å². The van der Waals surface area contributed by atoms with Gasteiger partial charge in [0.2, 0.25) is 11.8 Å². The van der Waals surface area contributed by atoms with Gasteiger partial charge in [-0.15, -0.1) is 0 Å². The molecule has 6 heteroatoms. The maximum Gasteiger partial charge on any atom is 0.236 e. The lowest BCUT2D eigenvalue weighted by atomic mass is 10.1. The van der Waals surface area contributed by atoms with E-state index >= 15 is 0 Å². The Morgan fingerprint density at radius 3 is 2.68 bits per heavy atom. The summed E-state index contributed by atoms with van der Waals surface area (Å²) in [6.45, 7) is 4.89. The largest absolute Gasteiger partial charge is 0.378 e. The molecule has 1 aliphatic heterocycles. The molecule has 0 saturated carbocycles. The molecule has 0 aromatic rings. The van der Waals surface area contributed by atoms with E-state index in [9.17, 15) is 9.59 Å². The van der Waals surface area contributed by atoms with Gasteiger partial charge >= 0.3 is 0 Å². The normalized spacial score (nSPS) is 17.1. The summed E-state index contributed by atoms with van der Waals surface area (Å²) in [5.41, 5.74) is 5.74. The predicted molar refractivity (Wildman–Crippen MR) is 72.5 cm³/mol. The number of rotatable bonds is 7. The Balaban J connectivity index is 2.14. The molecule has 19 heavy (non-hydrogen) atoms. The standard InChI is InChI=1S/C13H25N3O3/c1-2-3-4-11(14)13(18)15-6-5-12(17)16-7-9-19-10-8-16/h11H,2-10,14H2,1H3,(H,15,18)/t11-/m0/s1. The van der Waals surface area contributed by atoms with E-state index in [1.807, 2.05) is 0 Å². The number of nitrogens with two attached hydrogens (primary N) is 1. The van der Waals surface area contributed by atoms with E-state index in [1.54, 1.807) is 4.90 Å². The third-order valence-electron chi connectivity index (χ3n) is 3.21. The number of nitrogens with zero attached hydrogens (tertiary/aromatic N) is 1. The molecule has 3 N–H and O–H groups in total. The Morgan fingerprint density at radius 2 is 2.05 bits per heavy atom. The number of nitrogens with one attached hydrogen (secondary N) is 1. The zero-order valence-corrected chi connectivity index (χ0v) is 11.7. The van der Waals surface area contributed by atoms with Gasteiger partial charge in [-0.05, 0) is 6.42 Å². The van der Waals surface area contributed by atoms with Crippen LogP contribution >= 0.6 is 0 Å². The monoisotopic (exact) mass is 271 g/mol. The minimum Gasteiger partial charge on any atom is -0.378 e. The van der Waals surface area contributed by atoms with Crippen LogP contribution in [0.1, 0.15) is 32.6 Å². The van der Waals surface area contributed by atoms with Gasteiger partial charge < -0.3 is 20.7 Å². The van der Waals surface area contributed by atoms with E-state index in [2.05, 4.69) is 12.2 Å². The molecule has 1 aliphatic rings. The van der Waals surface area contributed by atoms with Crippen LogP contribution in [0.25, 0.3) is 0 Å². The molecule has 1 atom stereocenters. The fraction of sp³-hybridized carbons (Fsp3) is 0.846. The molecule has 6 nitrogen and oxygen atoms in total. The minimum atomic E-state index is -0.460. The van der Waals surface area contributed by atoms with Crippen molar-refractivity contribution in [3.05, 3.63) is 0 Å². The summed E-state index contributed by atoms with van der Waals surface area (Å²) in [4.78, 5) is 25.2. The number of amides is 2. The van der Waals surface area contributed by atoms with Crippen LogP contribution < -0.4 is 11.1 Å². The summed E-state index contributed by atoms with van der Waals surface area (Å²) in [5, 5.41) is 2.72. The van der Waals surface area contributed by atoms with Crippen LogP contribution in [0, 0.1) is 0 Å². The molecule has 0 aliphatic carbocycles. The smallest absolute Gasteiger partial charge is 0.236 e. The first kappa shape index (κ1) is 15.9. The first-order chi connectivity index (χ1) is 9.15. The van der Waals surface area contributed by atoms with Crippen LogP contribution in [0.2, 0.25) is 0 Å². The Morgan fingerprint density at radius 1 is 1.37 bits per heavy atom. The van der Waals surface area contributed by atoms with Crippen LogP contribution in [0.3, 0.4) is 0 Å². The Kier molecular flexibility index (Phi) is 7.43. The van der Waals surface area contributed by atoms with Crippen molar-refractivity contribution >= 4 is 11.8 Å². The SMILES string of the molecule is CCCC[C@H](N)C(=O)NCCC(=O)N1CCOCC1. The van der Waals surface area contributed by atoms with Crippen LogP contribution in [-0.4, -0.2) is 55.6 Å². The molecule has 0 radical (unpaired) electrons. The zero-order valence-electron chi connectivity index (χ0n) is 11.7. The zero-order chi connectivity index (χ0) is 14.1. The number of unbranched alkanes of at least 4 members (excludes halogenated alkanes) is 1. The second kappa shape index (κ2) is 8.87. The number of hydrogen-bond acceptors (Lipinski definition) is 4. The Labute approximate surface area is 114 Å². The lowest BCUT2D eigenvalue weighted by Crippen LogP contribution is -2.44. The summed E-state index contributed by atoms with van der Waals surface area (Å²) in [6, 6.07) is -0.460. The first-order valence-corrected chi connectivity index (χ1v) is 7.04. The van der Waals surface area contributed by atoms with E-state index in [1.165, 1.54) is 0 Å². The summed E-state index contributed by atoms with van der Waals surface area (Å²) in [7, 11) is 0. The van der Waals surface area contributed by atoms with E-state index < -0.39 is 6.04 Å². The van der Waals surface area contributed by atoms with Crippen molar-refractivity contribution in [2.45, 2.75) is 38.6 Å². The van der Waals surface area contributed by atoms with Crippen LogP contribution in [0.15, 0.2) is 0 Å². The number of ether oxygens (including phenoxy) is 1. The topological polar surface area (TPSA) is 84.7 Å². The maximum absolute atomic E-state index is 11.8. The molecule has 1 heterocycles. The van der Waals surface area contributed by atoms with Crippen molar-refractivity contribution in [3.8, 4) is 0 Å². The highest BCUT2D eigenvalue weighted by atomic mass is 16.5. The number of carbonyl (C=O) groups excluding carboxylic acids is 2. The van der Waals surface area contributed by atoms with Crippen LogP contribution in [-0.2, 0) is 14.3 Å². The van der Waals surface area contributed by atoms with Gasteiger partial charge in [-0.3, -0.25) is 9.59 Å². The van der Waals surface area contributed by atoms with Gasteiger partial charge in [-0.1, -0.05) is 19.8 Å². The molecule has 0 unspecified atom stereocenters. The van der Waals surface area contributed by atoms with Crippen molar-refractivity contribution in [1.82, 2.24) is 10.2 Å². The van der Waals surface area contributed by atoms with Crippen molar-refractivity contribution < 1.29 is 14.3 Å². The molecule has 1 fully saturated rings. The minimum absolute atomic E-state index is 0.0609. The molecule has 0 aromatic heterocycles. The maximum atomic E-state index is 11.8. The molecular formula is C13H25N3O3. The number of morpholine rings is 1. The van der Waals surface area contributed by atoms with Gasteiger partial charge in [0.15, 0.2) is 0 Å². The summed E-state index contributed by atoms with van der Waals surface area (Å²) in [5.74, 6) is -0.103. The number of hydrogen-bond donors (Lipinski definition) is 2. The van der Waals surface area contributed by atoms with Crippen LogP contribution in [0.5, 0.6) is 0 Å². The van der Waals surface area contributed by atoms with Gasteiger partial charge in [0.05, 0.1) is 19.3 Å². The van der Waals surface area contributed by atoms with Gasteiger partial charge in [-0.2, -0.15) is 0 Å². The Bertz CT molecular complexity index is 291. The summed E-state index contributed by atoms with van der Waals surface area (Å²) < 4.78 is 5.18. The fourth-order valence-corrected chi connectivity index (χ4v) is 1.95. The third kappa shape index (κ3) is 6.02. The van der Waals surface area contributed by atoms with Crippen molar-refractivity contribution in [3.63, 3.8) is 0 Å². The number of carbonyl (C=O) groups is 2. The van der Waals surface area contributed by atoms with E-state index in [-0.39, 0.29) is 11.8 Å². The van der Waals surface area contributed by atoms with E-state index in [0.717, 1.165) is 12.8 Å². The predicted octanol–water partition coefficient (Wildman–Crippen LogP) is -0.131. The second-order valence-corrected chi connectivity index (χ2v) is 4.78. The molecule has 0 aromatic carbocycles. The van der Waals surface area contributed by atoms with Crippen molar-refractivity contribution in [2.24, 2.45) is 5.73 Å². The average Bonchev–Trinajstić information content (AvgIpc) is 2.45. The summed E-state index contributed by atoms with van der Waals surface area (Å²) >= 11 is 0. The lowest BCUT2D eigenvalue weighted by Gasteiger charge is -2.26. The second-order valence-electron chi connectivity index (χ2n) is 4.78. The van der Waals surface area contributed by atoms with Crippen LogP contribution in [0.4, 0.5) is 0 Å². The van der Waals surface area contributed by atoms with Crippen molar-refractivity contribution in [2.75, 3.05) is 32.8 Å². The quantitative estimate of drug-likeness (QED) is 0.675. The first-order valence-electron chi connectivity index (χ1n) is 7.04. The molecule has 2 amide bonds. The van der Waals surface area contributed by atoms with Gasteiger partial charge in [0.25, 0.3) is 0 Å². The lowest BCUT2D eigenvalue weighted by molar-refractivity contribution is -0.135. The molecule has 0 spiro atoms. The molecular weight excluding hydrogens is 246 g/mol. The molecule has 1 saturated heterocycles. The highest BCUT2D eigenvalue weighted by Crippen LogP contribution is 2.00. The summed E-state index contributed by atoms with van der Waals surface area (Å²) in [6.07, 6.45) is 2.99. The molecule has 110 valence electrons. The highest BCUT2D eigenvalue weighted by molar-refractivity contribution is 5.82. The Hall–Kier alpha value is -1.14. The van der Waals surface area contributed by atoms with Crippen molar-refractivity contribution in [1.29, 1.82) is 0 Å². The van der Waals surface area contributed by atoms with E-state index in [4.69, 9.17) is 10.5 Å². The van der Waals surface area contributed by atoms with Gasteiger partial charge in [-0.25, -0.2) is 0 Å². The molecule has 0 bridgehead atoms. The van der Waals surface area contributed by atoms with E-state index in [0.29, 0.717) is 45.7 Å². The molecule has 1 rings (SSSR count). The highest BCUT2D eigenvalue weighted by Gasteiger charge is 2.17. The van der Waals surface area contributed by atoms with Gasteiger partial charge in [0, 0.05) is 26.1 Å². The average molecular weight is 271 g/mol. The fourth-order valence-electron chi connectivity index (χ4n) is 1.95.